The highest BCUT2D eigenvalue weighted by molar-refractivity contribution is 5.79. The van der Waals surface area contributed by atoms with Gasteiger partial charge in [-0.2, -0.15) is 13.2 Å². The van der Waals surface area contributed by atoms with E-state index in [-0.39, 0.29) is 24.5 Å². The number of nitrogens with one attached hydrogen (secondary N) is 1. The average molecular weight is 374 g/mol. The van der Waals surface area contributed by atoms with Gasteiger partial charge < -0.3 is 19.7 Å². The van der Waals surface area contributed by atoms with Crippen molar-refractivity contribution in [2.45, 2.75) is 31.2 Å². The molecule has 1 aromatic rings. The second kappa shape index (κ2) is 9.34. The molecular weight excluding hydrogens is 349 g/mol. The van der Waals surface area contributed by atoms with E-state index in [1.54, 1.807) is 0 Å². The molecule has 0 saturated carbocycles. The fraction of sp³-hybridized carbons (Fsp3) is 0.611. The van der Waals surface area contributed by atoms with Crippen molar-refractivity contribution in [3.63, 3.8) is 0 Å². The Morgan fingerprint density at radius 2 is 2.00 bits per heavy atom. The average Bonchev–Trinajstić information content (AvgIpc) is 2.55. The summed E-state index contributed by atoms with van der Waals surface area (Å²) < 4.78 is 49.0. The van der Waals surface area contributed by atoms with E-state index in [4.69, 9.17) is 9.47 Å². The number of alkyl halides is 3. The van der Waals surface area contributed by atoms with Crippen LogP contribution in [0.2, 0.25) is 0 Å². The fourth-order valence-corrected chi connectivity index (χ4v) is 2.68. The van der Waals surface area contributed by atoms with E-state index in [0.717, 1.165) is 18.7 Å². The molecule has 1 fully saturated rings. The van der Waals surface area contributed by atoms with Crippen LogP contribution in [-0.2, 0) is 26.9 Å². The van der Waals surface area contributed by atoms with Crippen LogP contribution in [0, 0.1) is 0 Å². The number of rotatable bonds is 7. The Balaban J connectivity index is 1.86. The van der Waals surface area contributed by atoms with E-state index in [1.165, 1.54) is 12.1 Å². The molecule has 1 saturated heterocycles. The molecule has 0 aliphatic carbocycles. The summed E-state index contributed by atoms with van der Waals surface area (Å²) in [6.07, 6.45) is -3.93. The predicted molar refractivity (Wildman–Crippen MR) is 90.8 cm³/mol. The molecule has 0 radical (unpaired) electrons. The molecule has 0 aromatic heterocycles. The van der Waals surface area contributed by atoms with Crippen LogP contribution in [-0.4, -0.2) is 63.4 Å². The van der Waals surface area contributed by atoms with Crippen molar-refractivity contribution >= 4 is 5.91 Å². The molecule has 0 bridgehead atoms. The van der Waals surface area contributed by atoms with Crippen molar-refractivity contribution in [1.82, 2.24) is 10.2 Å². The monoisotopic (exact) mass is 374 g/mol. The Bertz CT molecular complexity index is 576. The van der Waals surface area contributed by atoms with Crippen LogP contribution in [0.4, 0.5) is 13.2 Å². The summed E-state index contributed by atoms with van der Waals surface area (Å²) in [5.41, 5.74) is -0.187. The van der Waals surface area contributed by atoms with Crippen LogP contribution >= 0.6 is 0 Å². The third-order valence-electron chi connectivity index (χ3n) is 4.17. The quantitative estimate of drug-likeness (QED) is 0.794. The minimum Gasteiger partial charge on any atom is -0.379 e. The van der Waals surface area contributed by atoms with Crippen LogP contribution in [0.25, 0.3) is 0 Å². The molecule has 1 amide bonds. The zero-order valence-electron chi connectivity index (χ0n) is 15.0. The van der Waals surface area contributed by atoms with Gasteiger partial charge in [0.25, 0.3) is 0 Å². The first-order chi connectivity index (χ1) is 12.3. The zero-order chi connectivity index (χ0) is 19.2. The van der Waals surface area contributed by atoms with E-state index in [2.05, 4.69) is 5.32 Å². The standard InChI is InChI=1S/C18H25F3N2O3/c1-23(2)8-10-26-16-12-25-9-7-15(16)22-17(24)11-13-3-5-14(6-4-13)18(19,20)21/h3-6,15-16H,7-12H2,1-2H3,(H,22,24)/t15-,16-/m1/s1. The van der Waals surface area contributed by atoms with E-state index < -0.39 is 11.7 Å². The molecular formula is C18H25F3N2O3. The minimum atomic E-state index is -4.37. The van der Waals surface area contributed by atoms with E-state index in [9.17, 15) is 18.0 Å². The van der Waals surface area contributed by atoms with Crippen molar-refractivity contribution in [3.05, 3.63) is 35.4 Å². The van der Waals surface area contributed by atoms with Crippen molar-refractivity contribution in [2.24, 2.45) is 0 Å². The van der Waals surface area contributed by atoms with Crippen molar-refractivity contribution in [1.29, 1.82) is 0 Å². The lowest BCUT2D eigenvalue weighted by Crippen LogP contribution is -2.50. The Hall–Kier alpha value is -1.64. The lowest BCUT2D eigenvalue weighted by atomic mass is 10.0. The van der Waals surface area contributed by atoms with E-state index in [0.29, 0.717) is 31.8 Å². The summed E-state index contributed by atoms with van der Waals surface area (Å²) >= 11 is 0. The van der Waals surface area contributed by atoms with Crippen LogP contribution in [0.3, 0.4) is 0 Å². The lowest BCUT2D eigenvalue weighted by Gasteiger charge is -2.32. The maximum atomic E-state index is 12.6. The number of carbonyl (C=O) groups excluding carboxylic acids is 1. The van der Waals surface area contributed by atoms with Crippen LogP contribution in [0.5, 0.6) is 0 Å². The highest BCUT2D eigenvalue weighted by atomic mass is 19.4. The Labute approximate surface area is 151 Å². The largest absolute Gasteiger partial charge is 0.416 e. The summed E-state index contributed by atoms with van der Waals surface area (Å²) in [7, 11) is 3.90. The second-order valence-electron chi connectivity index (χ2n) is 6.62. The first-order valence-electron chi connectivity index (χ1n) is 8.55. The number of amides is 1. The Morgan fingerprint density at radius 1 is 1.31 bits per heavy atom. The number of carbonyl (C=O) groups is 1. The molecule has 0 unspecified atom stereocenters. The maximum absolute atomic E-state index is 12.6. The third-order valence-corrected chi connectivity index (χ3v) is 4.17. The van der Waals surface area contributed by atoms with Crippen LogP contribution < -0.4 is 5.32 Å². The number of ether oxygens (including phenoxy) is 2. The minimum absolute atomic E-state index is 0.0277. The van der Waals surface area contributed by atoms with Gasteiger partial charge in [0.1, 0.15) is 6.10 Å². The zero-order valence-corrected chi connectivity index (χ0v) is 15.0. The summed E-state index contributed by atoms with van der Waals surface area (Å²) in [5, 5.41) is 2.92. The number of likely N-dealkylation sites (N-methyl/N-ethyl adjacent to an activating group) is 1. The van der Waals surface area contributed by atoms with E-state index >= 15 is 0 Å². The molecule has 1 heterocycles. The SMILES string of the molecule is CN(C)CCO[C@@H]1COCC[C@H]1NC(=O)Cc1ccc(C(F)(F)F)cc1. The highest BCUT2D eigenvalue weighted by Gasteiger charge is 2.30. The lowest BCUT2D eigenvalue weighted by molar-refractivity contribution is -0.137. The van der Waals surface area contributed by atoms with Gasteiger partial charge >= 0.3 is 6.18 Å². The van der Waals surface area contributed by atoms with Crippen molar-refractivity contribution in [2.75, 3.05) is 40.5 Å². The fourth-order valence-electron chi connectivity index (χ4n) is 2.68. The summed E-state index contributed by atoms with van der Waals surface area (Å²) in [5.74, 6) is -0.238. The number of hydrogen-bond acceptors (Lipinski definition) is 4. The maximum Gasteiger partial charge on any atom is 0.416 e. The predicted octanol–water partition coefficient (Wildman–Crippen LogP) is 2.10. The molecule has 5 nitrogen and oxygen atoms in total. The molecule has 146 valence electrons. The molecule has 1 aliphatic rings. The molecule has 1 aliphatic heterocycles. The van der Waals surface area contributed by atoms with Gasteiger partial charge in [-0.05, 0) is 38.2 Å². The van der Waals surface area contributed by atoms with Crippen LogP contribution in [0.15, 0.2) is 24.3 Å². The summed E-state index contributed by atoms with van der Waals surface area (Å²) in [6.45, 7) is 2.26. The van der Waals surface area contributed by atoms with Gasteiger partial charge in [0.05, 0.1) is 31.2 Å². The highest BCUT2D eigenvalue weighted by Crippen LogP contribution is 2.29. The van der Waals surface area contributed by atoms with Gasteiger partial charge in [0.2, 0.25) is 5.91 Å². The van der Waals surface area contributed by atoms with Crippen molar-refractivity contribution in [3.8, 4) is 0 Å². The normalized spacial score (nSPS) is 21.0. The van der Waals surface area contributed by atoms with E-state index in [1.807, 2.05) is 19.0 Å². The molecule has 1 N–H and O–H groups in total. The summed E-state index contributed by atoms with van der Waals surface area (Å²) in [6, 6.07) is 4.48. The molecule has 1 aromatic carbocycles. The van der Waals surface area contributed by atoms with Crippen LogP contribution in [0.1, 0.15) is 17.5 Å². The van der Waals surface area contributed by atoms with Gasteiger partial charge in [0, 0.05) is 13.2 Å². The first-order valence-corrected chi connectivity index (χ1v) is 8.55. The molecule has 2 rings (SSSR count). The molecule has 8 heteroatoms. The Kier molecular flexibility index (Phi) is 7.43. The number of benzene rings is 1. The second-order valence-corrected chi connectivity index (χ2v) is 6.62. The summed E-state index contributed by atoms with van der Waals surface area (Å²) in [4.78, 5) is 14.3. The van der Waals surface area contributed by atoms with Crippen molar-refractivity contribution < 1.29 is 27.4 Å². The molecule has 2 atom stereocenters. The molecule has 0 spiro atoms. The van der Waals surface area contributed by atoms with Gasteiger partial charge in [-0.25, -0.2) is 0 Å². The Morgan fingerprint density at radius 3 is 2.62 bits per heavy atom. The topological polar surface area (TPSA) is 50.8 Å². The first kappa shape index (κ1) is 20.7. The number of nitrogens with zero attached hydrogens (tertiary/aromatic N) is 1. The third kappa shape index (κ3) is 6.59. The van der Waals surface area contributed by atoms with Gasteiger partial charge in [-0.15, -0.1) is 0 Å². The smallest absolute Gasteiger partial charge is 0.379 e. The van der Waals surface area contributed by atoms with Gasteiger partial charge in [-0.1, -0.05) is 12.1 Å². The van der Waals surface area contributed by atoms with Gasteiger partial charge in [0.15, 0.2) is 0 Å². The number of hydrogen-bond donors (Lipinski definition) is 1. The van der Waals surface area contributed by atoms with Gasteiger partial charge in [-0.3, -0.25) is 4.79 Å². The molecule has 26 heavy (non-hydrogen) atoms. The number of halogens is 3.